The highest BCUT2D eigenvalue weighted by atomic mass is 32.1. The Morgan fingerprint density at radius 3 is 2.55 bits per heavy atom. The molecule has 1 amide bonds. The van der Waals surface area contributed by atoms with Crippen molar-refractivity contribution in [2.45, 2.75) is 63.2 Å². The summed E-state index contributed by atoms with van der Waals surface area (Å²) in [6, 6.07) is 4.28. The summed E-state index contributed by atoms with van der Waals surface area (Å²) < 4.78 is 0. The van der Waals surface area contributed by atoms with Crippen molar-refractivity contribution in [2.24, 2.45) is 0 Å². The molecule has 0 atom stereocenters. The number of carbonyl (C=O) groups is 2. The third-order valence-corrected chi connectivity index (χ3v) is 5.64. The molecule has 5 heteroatoms. The van der Waals surface area contributed by atoms with E-state index < -0.39 is 5.97 Å². The van der Waals surface area contributed by atoms with Gasteiger partial charge in [-0.15, -0.1) is 11.3 Å². The van der Waals surface area contributed by atoms with Crippen molar-refractivity contribution in [3.05, 3.63) is 22.4 Å². The molecular weight excluding hydrogens is 298 g/mol. The maximum Gasteiger partial charge on any atom is 0.303 e. The van der Waals surface area contributed by atoms with E-state index in [0.29, 0.717) is 25.8 Å². The fourth-order valence-electron chi connectivity index (χ4n) is 3.24. The van der Waals surface area contributed by atoms with E-state index in [2.05, 4.69) is 22.8 Å². The van der Waals surface area contributed by atoms with E-state index in [1.54, 1.807) is 11.3 Å². The van der Waals surface area contributed by atoms with Crippen LogP contribution in [-0.2, 0) is 15.0 Å². The van der Waals surface area contributed by atoms with Gasteiger partial charge in [0.05, 0.1) is 0 Å². The number of carbonyl (C=O) groups excluding carboxylic acids is 1. The fraction of sp³-hybridized carbons (Fsp3) is 0.647. The average Bonchev–Trinajstić information content (AvgIpc) is 3.05. The summed E-state index contributed by atoms with van der Waals surface area (Å²) in [5.41, 5.74) is 0.114. The number of carboxylic acids is 1. The highest BCUT2D eigenvalue weighted by molar-refractivity contribution is 7.10. The standard InChI is InChI=1S/C17H25NO3S/c19-15(8-2-3-9-16(20)21)18-13-17(10-4-1-5-11-17)14-7-6-12-22-14/h6-7,12H,1-5,8-11,13H2,(H,18,19)(H,20,21). The Labute approximate surface area is 135 Å². The molecule has 22 heavy (non-hydrogen) atoms. The van der Waals surface area contributed by atoms with Crippen LogP contribution in [0.15, 0.2) is 17.5 Å². The number of nitrogens with one attached hydrogen (secondary N) is 1. The number of amides is 1. The van der Waals surface area contributed by atoms with Gasteiger partial charge in [-0.1, -0.05) is 25.3 Å². The molecule has 1 aromatic rings. The first kappa shape index (κ1) is 17.0. The summed E-state index contributed by atoms with van der Waals surface area (Å²) in [5, 5.41) is 13.8. The molecule has 1 heterocycles. The zero-order chi connectivity index (χ0) is 15.8. The van der Waals surface area contributed by atoms with Gasteiger partial charge in [-0.05, 0) is 37.1 Å². The summed E-state index contributed by atoms with van der Waals surface area (Å²) in [5.74, 6) is -0.744. The highest BCUT2D eigenvalue weighted by Crippen LogP contribution is 2.41. The zero-order valence-corrected chi connectivity index (χ0v) is 13.8. The summed E-state index contributed by atoms with van der Waals surface area (Å²) in [7, 11) is 0. The van der Waals surface area contributed by atoms with E-state index in [1.165, 1.54) is 24.1 Å². The Kier molecular flexibility index (Phi) is 6.43. The van der Waals surface area contributed by atoms with Crippen LogP contribution >= 0.6 is 11.3 Å². The second-order valence-corrected chi connectivity index (χ2v) is 7.14. The van der Waals surface area contributed by atoms with Crippen molar-refractivity contribution >= 4 is 23.2 Å². The fourth-order valence-corrected chi connectivity index (χ4v) is 4.22. The zero-order valence-electron chi connectivity index (χ0n) is 13.0. The Morgan fingerprint density at radius 2 is 1.91 bits per heavy atom. The lowest BCUT2D eigenvalue weighted by Gasteiger charge is -2.36. The minimum atomic E-state index is -0.792. The van der Waals surface area contributed by atoms with Gasteiger partial charge in [0.25, 0.3) is 0 Å². The number of aliphatic carboxylic acids is 1. The molecule has 2 rings (SSSR count). The maximum atomic E-state index is 12.0. The number of hydrogen-bond acceptors (Lipinski definition) is 3. The number of unbranched alkanes of at least 4 members (excludes halogenated alkanes) is 1. The molecule has 0 bridgehead atoms. The van der Waals surface area contributed by atoms with E-state index >= 15 is 0 Å². The third-order valence-electron chi connectivity index (χ3n) is 4.52. The molecule has 0 aromatic carbocycles. The quantitative estimate of drug-likeness (QED) is 0.717. The second-order valence-electron chi connectivity index (χ2n) is 6.20. The molecule has 0 unspecified atom stereocenters. The minimum absolute atomic E-state index is 0.0480. The Hall–Kier alpha value is -1.36. The van der Waals surface area contributed by atoms with E-state index in [9.17, 15) is 9.59 Å². The molecule has 122 valence electrons. The van der Waals surface area contributed by atoms with E-state index in [-0.39, 0.29) is 17.7 Å². The van der Waals surface area contributed by atoms with Crippen LogP contribution in [0, 0.1) is 0 Å². The van der Waals surface area contributed by atoms with Gasteiger partial charge >= 0.3 is 5.97 Å². The van der Waals surface area contributed by atoms with Gasteiger partial charge < -0.3 is 10.4 Å². The lowest BCUT2D eigenvalue weighted by Crippen LogP contribution is -2.41. The SMILES string of the molecule is O=C(O)CCCCC(=O)NCC1(c2cccs2)CCCCC1. The number of hydrogen-bond donors (Lipinski definition) is 2. The molecule has 4 nitrogen and oxygen atoms in total. The van der Waals surface area contributed by atoms with Crippen molar-refractivity contribution in [2.75, 3.05) is 6.54 Å². The first-order valence-corrected chi connectivity index (χ1v) is 9.03. The van der Waals surface area contributed by atoms with E-state index in [4.69, 9.17) is 5.11 Å². The Morgan fingerprint density at radius 1 is 1.18 bits per heavy atom. The largest absolute Gasteiger partial charge is 0.481 e. The summed E-state index contributed by atoms with van der Waals surface area (Å²) in [6.45, 7) is 0.714. The van der Waals surface area contributed by atoms with Crippen molar-refractivity contribution < 1.29 is 14.7 Å². The average molecular weight is 323 g/mol. The summed E-state index contributed by atoms with van der Waals surface area (Å²) >= 11 is 1.79. The van der Waals surface area contributed by atoms with Crippen LogP contribution < -0.4 is 5.32 Å². The van der Waals surface area contributed by atoms with E-state index in [1.807, 2.05) is 0 Å². The molecule has 0 saturated heterocycles. The van der Waals surface area contributed by atoms with Crippen LogP contribution in [0.5, 0.6) is 0 Å². The van der Waals surface area contributed by atoms with Crippen LogP contribution in [0.1, 0.15) is 62.7 Å². The molecule has 1 saturated carbocycles. The van der Waals surface area contributed by atoms with Gasteiger partial charge in [0.1, 0.15) is 0 Å². The van der Waals surface area contributed by atoms with Crippen molar-refractivity contribution in [3.8, 4) is 0 Å². The third kappa shape index (κ3) is 4.83. The lowest BCUT2D eigenvalue weighted by molar-refractivity contribution is -0.137. The van der Waals surface area contributed by atoms with Crippen LogP contribution in [0.4, 0.5) is 0 Å². The monoisotopic (exact) mass is 323 g/mol. The maximum absolute atomic E-state index is 12.0. The minimum Gasteiger partial charge on any atom is -0.481 e. The molecule has 0 spiro atoms. The van der Waals surface area contributed by atoms with Gasteiger partial charge in [-0.25, -0.2) is 0 Å². The number of carboxylic acid groups (broad SMARTS) is 1. The Balaban J connectivity index is 1.81. The van der Waals surface area contributed by atoms with Crippen molar-refractivity contribution in [3.63, 3.8) is 0 Å². The van der Waals surface area contributed by atoms with Gasteiger partial charge in [-0.2, -0.15) is 0 Å². The first-order chi connectivity index (χ1) is 10.6. The molecule has 2 N–H and O–H groups in total. The summed E-state index contributed by atoms with van der Waals surface area (Å²) in [6.07, 6.45) is 7.82. The van der Waals surface area contributed by atoms with Crippen LogP contribution in [0.2, 0.25) is 0 Å². The van der Waals surface area contributed by atoms with Gasteiger partial charge in [-0.3, -0.25) is 9.59 Å². The van der Waals surface area contributed by atoms with Gasteiger partial charge in [0.2, 0.25) is 5.91 Å². The van der Waals surface area contributed by atoms with Crippen LogP contribution in [-0.4, -0.2) is 23.5 Å². The molecule has 1 fully saturated rings. The van der Waals surface area contributed by atoms with Crippen LogP contribution in [0.3, 0.4) is 0 Å². The summed E-state index contributed by atoms with van der Waals surface area (Å²) in [4.78, 5) is 23.8. The molecular formula is C17H25NO3S. The predicted molar refractivity (Wildman–Crippen MR) is 88.2 cm³/mol. The van der Waals surface area contributed by atoms with Crippen LogP contribution in [0.25, 0.3) is 0 Å². The Bertz CT molecular complexity index is 478. The topological polar surface area (TPSA) is 66.4 Å². The normalized spacial score (nSPS) is 17.1. The molecule has 0 radical (unpaired) electrons. The molecule has 1 aliphatic carbocycles. The van der Waals surface area contributed by atoms with Crippen molar-refractivity contribution in [1.82, 2.24) is 5.32 Å². The smallest absolute Gasteiger partial charge is 0.303 e. The molecule has 1 aromatic heterocycles. The van der Waals surface area contributed by atoms with Gasteiger partial charge in [0.15, 0.2) is 0 Å². The van der Waals surface area contributed by atoms with Crippen molar-refractivity contribution in [1.29, 1.82) is 0 Å². The first-order valence-electron chi connectivity index (χ1n) is 8.15. The molecule has 1 aliphatic rings. The second kappa shape index (κ2) is 8.32. The van der Waals surface area contributed by atoms with E-state index in [0.717, 1.165) is 12.8 Å². The number of rotatable bonds is 8. The highest BCUT2D eigenvalue weighted by Gasteiger charge is 2.34. The lowest BCUT2D eigenvalue weighted by atomic mass is 9.73. The number of thiophene rings is 1. The predicted octanol–water partition coefficient (Wildman–Crippen LogP) is 3.71. The van der Waals surface area contributed by atoms with Gasteiger partial charge in [0, 0.05) is 29.7 Å². The molecule has 0 aliphatic heterocycles.